The predicted molar refractivity (Wildman–Crippen MR) is 190 cm³/mol. The third-order valence-corrected chi connectivity index (χ3v) is 9.14. The third kappa shape index (κ3) is 39.3. The molecule has 1 unspecified atom stereocenters. The minimum absolute atomic E-state index is 0. The molecule has 45 heavy (non-hydrogen) atoms. The van der Waals surface area contributed by atoms with Crippen molar-refractivity contribution in [2.24, 2.45) is 0 Å². The highest BCUT2D eigenvalue weighted by Crippen LogP contribution is 2.14. The first-order valence-corrected chi connectivity index (χ1v) is 19.8. The van der Waals surface area contributed by atoms with E-state index in [0.717, 1.165) is 45.3 Å². The van der Waals surface area contributed by atoms with Crippen LogP contribution in [0.25, 0.3) is 0 Å². The number of carbonyl (C=O) groups is 2. The average molecular weight is 660 g/mol. The Labute approximate surface area is 288 Å². The lowest BCUT2D eigenvalue weighted by atomic mass is 10.0. The standard InChI is InChI=1S/C39H78N2O3.ClH/c1-4-6-8-10-12-14-16-17-18-19-20-22-24-26-28-30-34-40-38(42)32-31-35-41(3)36-37-44-39(43)33-29-27-25-23-21-15-13-11-9-7-5-2;/h4-37H2,1-3H3,(H,40,42);1H/q+1;. The van der Waals surface area contributed by atoms with Crippen molar-refractivity contribution in [3.05, 3.63) is 0 Å². The maximum absolute atomic E-state index is 12.1. The Morgan fingerprint density at radius 1 is 0.533 bits per heavy atom. The molecule has 0 saturated carbocycles. The highest BCUT2D eigenvalue weighted by molar-refractivity contribution is 5.75. The third-order valence-electron chi connectivity index (χ3n) is 9.14. The topological polar surface area (TPSA) is 62.7 Å². The number of rotatable bonds is 36. The van der Waals surface area contributed by atoms with E-state index in [4.69, 9.17) is 4.74 Å². The number of hydrogen-bond donors (Lipinski definition) is 2. The van der Waals surface area contributed by atoms with E-state index < -0.39 is 0 Å². The van der Waals surface area contributed by atoms with Crippen molar-refractivity contribution >= 4 is 11.9 Å². The van der Waals surface area contributed by atoms with E-state index in [1.54, 1.807) is 0 Å². The summed E-state index contributed by atoms with van der Waals surface area (Å²) in [5, 5.41) is 3.09. The monoisotopic (exact) mass is 659 g/mol. The summed E-state index contributed by atoms with van der Waals surface area (Å²) < 4.78 is 5.44. The van der Waals surface area contributed by atoms with E-state index in [2.05, 4.69) is 26.2 Å². The summed E-state index contributed by atoms with van der Waals surface area (Å²) in [7, 11) is 2.12. The molecule has 0 spiro atoms. The Morgan fingerprint density at radius 2 is 0.911 bits per heavy atom. The zero-order chi connectivity index (χ0) is 32.2. The predicted octanol–water partition coefficient (Wildman–Crippen LogP) is 6.91. The van der Waals surface area contributed by atoms with Crippen LogP contribution in [0.3, 0.4) is 0 Å². The number of likely N-dealkylation sites (N-methyl/N-ethyl adjacent to an activating group) is 1. The molecule has 5 nitrogen and oxygen atoms in total. The highest BCUT2D eigenvalue weighted by atomic mass is 35.5. The zero-order valence-electron chi connectivity index (χ0n) is 30.6. The van der Waals surface area contributed by atoms with Crippen LogP contribution in [0.15, 0.2) is 0 Å². The number of ether oxygens (including phenoxy) is 1. The van der Waals surface area contributed by atoms with Gasteiger partial charge in [0.1, 0.15) is 13.0 Å². The minimum Gasteiger partial charge on any atom is -1.00 e. The molecule has 6 heteroatoms. The van der Waals surface area contributed by atoms with Crippen LogP contribution in [-0.2, 0) is 14.3 Å². The van der Waals surface area contributed by atoms with Crippen molar-refractivity contribution in [3.63, 3.8) is 0 Å². The van der Waals surface area contributed by atoms with E-state index >= 15 is 0 Å². The van der Waals surface area contributed by atoms with Crippen molar-refractivity contribution in [3.8, 4) is 0 Å². The molecule has 0 heterocycles. The van der Waals surface area contributed by atoms with Gasteiger partial charge in [-0.15, -0.1) is 0 Å². The molecule has 1 atom stereocenters. The van der Waals surface area contributed by atoms with Crippen LogP contribution >= 0.6 is 0 Å². The number of halogens is 1. The van der Waals surface area contributed by atoms with Crippen LogP contribution < -0.4 is 22.6 Å². The molecule has 0 aliphatic carbocycles. The minimum atomic E-state index is -0.0535. The molecule has 0 aromatic carbocycles. The van der Waals surface area contributed by atoms with E-state index in [-0.39, 0.29) is 24.3 Å². The first-order valence-electron chi connectivity index (χ1n) is 19.8. The maximum atomic E-state index is 12.1. The zero-order valence-corrected chi connectivity index (χ0v) is 31.4. The lowest BCUT2D eigenvalue weighted by Crippen LogP contribution is -3.09. The lowest BCUT2D eigenvalue weighted by molar-refractivity contribution is -0.880. The summed E-state index contributed by atoms with van der Waals surface area (Å²) in [5.74, 6) is 0.124. The number of esters is 1. The molecule has 1 radical (unpaired) electrons. The van der Waals surface area contributed by atoms with Gasteiger partial charge in [0.15, 0.2) is 0 Å². The molecule has 0 aliphatic rings. The smallest absolute Gasteiger partial charge is 0.574 e. The first kappa shape index (κ1) is 46.3. The van der Waals surface area contributed by atoms with Crippen LogP contribution in [0, 0.1) is 0 Å². The molecule has 269 valence electrons. The van der Waals surface area contributed by atoms with Gasteiger partial charge in [-0.3, -0.25) is 4.79 Å². The average Bonchev–Trinajstić information content (AvgIpc) is 3.01. The van der Waals surface area contributed by atoms with Crippen molar-refractivity contribution in [2.75, 3.05) is 33.3 Å². The van der Waals surface area contributed by atoms with Crippen LogP contribution in [0.5, 0.6) is 0 Å². The van der Waals surface area contributed by atoms with Gasteiger partial charge in [-0.25, -0.2) is 0 Å². The number of amides is 1. The Bertz CT molecular complexity index is 605. The Morgan fingerprint density at radius 3 is 1.33 bits per heavy atom. The summed E-state index contributed by atoms with van der Waals surface area (Å²) >= 11 is 0. The molecular weight excluding hydrogens is 580 g/mol. The second-order valence-corrected chi connectivity index (χ2v) is 13.7. The van der Waals surface area contributed by atoms with Crippen molar-refractivity contribution in [1.82, 2.24) is 5.32 Å². The van der Waals surface area contributed by atoms with Gasteiger partial charge in [-0.05, 0) is 12.8 Å². The highest BCUT2D eigenvalue weighted by Gasteiger charge is 2.17. The molecule has 0 aromatic heterocycles. The van der Waals surface area contributed by atoms with E-state index in [1.807, 2.05) is 0 Å². The fraction of sp³-hybridized carbons (Fsp3) is 0.949. The molecule has 0 rings (SSSR count). The SMILES string of the molecule is CCCCCCCCCCCCCCCCCCNC(=O)CCC[NH+](C)CCOC(=[O+])CCCCCCCCCCCCC.[Cl-]. The number of hydrogen-bond acceptors (Lipinski definition) is 3. The van der Waals surface area contributed by atoms with Crippen LogP contribution in [0.1, 0.15) is 206 Å². The Kier molecular flexibility index (Phi) is 40.5. The number of nitrogens with one attached hydrogen (secondary N) is 2. The fourth-order valence-electron chi connectivity index (χ4n) is 6.01. The van der Waals surface area contributed by atoms with Crippen LogP contribution in [0.4, 0.5) is 0 Å². The molecule has 0 saturated heterocycles. The summed E-state index contributed by atoms with van der Waals surface area (Å²) in [6.45, 7) is 7.59. The quantitative estimate of drug-likeness (QED) is 0.0437. The van der Waals surface area contributed by atoms with Crippen LogP contribution in [0.2, 0.25) is 0 Å². The van der Waals surface area contributed by atoms with Gasteiger partial charge < -0.3 is 27.4 Å². The van der Waals surface area contributed by atoms with Crippen molar-refractivity contribution in [1.29, 1.82) is 0 Å². The fourth-order valence-corrected chi connectivity index (χ4v) is 6.01. The van der Waals surface area contributed by atoms with E-state index in [0.29, 0.717) is 19.4 Å². The number of quaternary nitrogens is 1. The van der Waals surface area contributed by atoms with Gasteiger partial charge in [0.05, 0.1) is 13.6 Å². The summed E-state index contributed by atoms with van der Waals surface area (Å²) in [4.78, 5) is 25.5. The molecule has 0 bridgehead atoms. The normalized spacial score (nSPS) is 11.7. The second-order valence-electron chi connectivity index (χ2n) is 13.7. The molecule has 0 aromatic rings. The lowest BCUT2D eigenvalue weighted by Gasteiger charge is -2.11. The van der Waals surface area contributed by atoms with Gasteiger partial charge >= 0.3 is 5.97 Å². The summed E-state index contributed by atoms with van der Waals surface area (Å²) in [6, 6.07) is 0. The summed E-state index contributed by atoms with van der Waals surface area (Å²) in [5.41, 5.74) is 0. The molecular formula is C39H79ClN2O3+. The molecule has 1 amide bonds. The first-order chi connectivity index (χ1) is 21.6. The largest absolute Gasteiger partial charge is 1.00 e. The second kappa shape index (κ2) is 39.4. The van der Waals surface area contributed by atoms with E-state index in [9.17, 15) is 9.59 Å². The molecule has 0 aliphatic heterocycles. The number of carbonyl (C=O) groups excluding carboxylic acids is 2. The summed E-state index contributed by atoms with van der Waals surface area (Å²) in [6.07, 6.45) is 38.2. The molecule has 2 N–H and O–H groups in total. The van der Waals surface area contributed by atoms with Gasteiger partial charge in [0.25, 0.3) is 0 Å². The van der Waals surface area contributed by atoms with Crippen molar-refractivity contribution in [2.45, 2.75) is 206 Å². The molecule has 0 fully saturated rings. The maximum Gasteiger partial charge on any atom is 0.574 e. The van der Waals surface area contributed by atoms with Gasteiger partial charge in [-0.2, -0.15) is 0 Å². The number of unbranched alkanes of at least 4 members (excludes halogenated alkanes) is 25. The van der Waals surface area contributed by atoms with Gasteiger partial charge in [0.2, 0.25) is 12.5 Å². The van der Waals surface area contributed by atoms with Gasteiger partial charge in [-0.1, -0.05) is 174 Å². The Balaban J connectivity index is 0. The van der Waals surface area contributed by atoms with E-state index in [1.165, 1.54) is 159 Å². The van der Waals surface area contributed by atoms with Gasteiger partial charge in [0, 0.05) is 24.2 Å². The Hall–Kier alpha value is -0.810. The van der Waals surface area contributed by atoms with Crippen LogP contribution in [-0.4, -0.2) is 45.2 Å². The van der Waals surface area contributed by atoms with Crippen molar-refractivity contribution < 1.29 is 31.6 Å².